The van der Waals surface area contributed by atoms with Gasteiger partial charge < -0.3 is 14.7 Å². The number of phosphoric acid groups is 1. The largest absolute Gasteiger partial charge is 0.474 e. The first-order valence-electron chi connectivity index (χ1n) is 10.3. The highest BCUT2D eigenvalue weighted by molar-refractivity contribution is 7.46. The minimum atomic E-state index is -4.49. The first-order chi connectivity index (χ1) is 13.4. The van der Waals surface area contributed by atoms with Gasteiger partial charge in [-0.25, -0.2) is 9.09 Å². The van der Waals surface area contributed by atoms with Gasteiger partial charge in [-0.15, -0.1) is 0 Å². The third-order valence-corrected chi connectivity index (χ3v) is 7.93. The van der Waals surface area contributed by atoms with E-state index in [1.807, 2.05) is 12.1 Å². The lowest BCUT2D eigenvalue weighted by atomic mass is 9.75. The summed E-state index contributed by atoms with van der Waals surface area (Å²) in [5, 5.41) is 0. The highest BCUT2D eigenvalue weighted by Crippen LogP contribution is 2.44. The molecular weight excluding hydrogens is 379 g/mol. The van der Waals surface area contributed by atoms with Gasteiger partial charge in [0.2, 0.25) is 0 Å². The van der Waals surface area contributed by atoms with Crippen LogP contribution in [0.15, 0.2) is 18.2 Å². The number of aryl methyl sites for hydroxylation is 1. The number of carbonyl (C=O) groups is 1. The quantitative estimate of drug-likeness (QED) is 0.591. The van der Waals surface area contributed by atoms with Crippen molar-refractivity contribution in [1.29, 1.82) is 0 Å². The molecule has 0 unspecified atom stereocenters. The smallest absolute Gasteiger partial charge is 0.329 e. The summed E-state index contributed by atoms with van der Waals surface area (Å²) in [6.45, 7) is 3.28. The Balaban J connectivity index is 1.42. The van der Waals surface area contributed by atoms with E-state index >= 15 is 0 Å². The predicted molar refractivity (Wildman–Crippen MR) is 103 cm³/mol. The van der Waals surface area contributed by atoms with Crippen molar-refractivity contribution in [2.24, 2.45) is 5.92 Å². The SMILES string of the molecule is O=C1c2cccc3c2[C@H](CCC3)CN1[C@@H]1C[N+]2(COP(=O)(O)O)CCC1CC2. The van der Waals surface area contributed by atoms with Gasteiger partial charge in [0.15, 0.2) is 6.73 Å². The van der Waals surface area contributed by atoms with Crippen LogP contribution in [0, 0.1) is 5.92 Å². The molecule has 4 aliphatic heterocycles. The van der Waals surface area contributed by atoms with Crippen LogP contribution in [0.3, 0.4) is 0 Å². The number of carbonyl (C=O) groups excluding carboxylic acids is 1. The number of benzene rings is 1. The highest BCUT2D eigenvalue weighted by atomic mass is 31.2. The van der Waals surface area contributed by atoms with Gasteiger partial charge in [-0.2, -0.15) is 0 Å². The molecule has 0 spiro atoms. The average molecular weight is 407 g/mol. The molecule has 1 aliphatic carbocycles. The molecule has 2 atom stereocenters. The number of amides is 1. The number of phosphoric ester groups is 1. The maximum Gasteiger partial charge on any atom is 0.474 e. The summed E-state index contributed by atoms with van der Waals surface area (Å²) < 4.78 is 16.7. The summed E-state index contributed by atoms with van der Waals surface area (Å²) >= 11 is 0. The number of hydrogen-bond donors (Lipinski definition) is 2. The standard InChI is InChI=1S/C20H27N2O5P/c23-20-17-6-2-4-15-3-1-5-16(19(15)17)11-21(20)18-12-22(13-27-28(24,25)26)9-7-14(18)8-10-22/h2,4,6,14,16,18H,1,3,5,7-13H2,(H-,24,25,26)/p+1/t14?,16-,18-,22?/m1/s1. The van der Waals surface area contributed by atoms with E-state index in [1.165, 1.54) is 17.5 Å². The van der Waals surface area contributed by atoms with Crippen molar-refractivity contribution in [3.8, 4) is 0 Å². The maximum atomic E-state index is 13.4. The molecule has 0 saturated carbocycles. The molecule has 6 rings (SSSR count). The van der Waals surface area contributed by atoms with E-state index in [-0.39, 0.29) is 18.7 Å². The van der Waals surface area contributed by atoms with Crippen molar-refractivity contribution in [2.45, 2.75) is 44.1 Å². The Kier molecular flexibility index (Phi) is 4.45. The Bertz CT molecular complexity index is 845. The minimum Gasteiger partial charge on any atom is -0.329 e. The third kappa shape index (κ3) is 3.14. The van der Waals surface area contributed by atoms with E-state index in [0.717, 1.165) is 57.4 Å². The molecular formula is C20H28N2O5P+. The molecule has 2 bridgehead atoms. The number of piperidine rings is 3. The topological polar surface area (TPSA) is 87.1 Å². The van der Waals surface area contributed by atoms with Crippen LogP contribution in [0.5, 0.6) is 0 Å². The van der Waals surface area contributed by atoms with Crippen molar-refractivity contribution in [3.05, 3.63) is 34.9 Å². The lowest BCUT2D eigenvalue weighted by Crippen LogP contribution is -2.69. The van der Waals surface area contributed by atoms with Gasteiger partial charge in [-0.3, -0.25) is 9.28 Å². The molecule has 152 valence electrons. The fraction of sp³-hybridized carbons (Fsp3) is 0.650. The number of fused-ring (bicyclic) bond motifs is 3. The van der Waals surface area contributed by atoms with Crippen molar-refractivity contribution in [2.75, 3.05) is 32.9 Å². The van der Waals surface area contributed by atoms with Gasteiger partial charge in [0.1, 0.15) is 6.54 Å². The number of hydrogen-bond acceptors (Lipinski definition) is 3. The second kappa shape index (κ2) is 6.64. The van der Waals surface area contributed by atoms with E-state index in [1.54, 1.807) is 0 Å². The van der Waals surface area contributed by atoms with E-state index < -0.39 is 7.82 Å². The maximum absolute atomic E-state index is 13.4. The first kappa shape index (κ1) is 18.8. The Morgan fingerprint density at radius 2 is 2.00 bits per heavy atom. The van der Waals surface area contributed by atoms with Crippen LogP contribution in [0.1, 0.15) is 53.1 Å². The van der Waals surface area contributed by atoms with Crippen LogP contribution in [0.25, 0.3) is 0 Å². The Morgan fingerprint density at radius 1 is 1.21 bits per heavy atom. The molecule has 0 radical (unpaired) electrons. The predicted octanol–water partition coefficient (Wildman–Crippen LogP) is 2.24. The summed E-state index contributed by atoms with van der Waals surface area (Å²) in [5.74, 6) is 1.04. The second-order valence-electron chi connectivity index (χ2n) is 9.05. The average Bonchev–Trinajstić information content (AvgIpc) is 2.69. The zero-order valence-electron chi connectivity index (χ0n) is 16.0. The van der Waals surface area contributed by atoms with Crippen LogP contribution >= 0.6 is 7.82 Å². The van der Waals surface area contributed by atoms with E-state index in [9.17, 15) is 9.36 Å². The second-order valence-corrected chi connectivity index (χ2v) is 10.3. The zero-order valence-corrected chi connectivity index (χ0v) is 16.9. The monoisotopic (exact) mass is 407 g/mol. The molecule has 28 heavy (non-hydrogen) atoms. The fourth-order valence-electron chi connectivity index (χ4n) is 6.11. The molecule has 1 aromatic rings. The molecule has 7 nitrogen and oxygen atoms in total. The van der Waals surface area contributed by atoms with Crippen molar-refractivity contribution >= 4 is 13.7 Å². The van der Waals surface area contributed by atoms with Crippen molar-refractivity contribution < 1.29 is 28.2 Å². The van der Waals surface area contributed by atoms with Gasteiger partial charge in [0.25, 0.3) is 5.91 Å². The Morgan fingerprint density at radius 3 is 2.75 bits per heavy atom. The Hall–Kier alpha value is -1.24. The van der Waals surface area contributed by atoms with Gasteiger partial charge in [0, 0.05) is 30.9 Å². The number of nitrogens with zero attached hydrogens (tertiary/aromatic N) is 2. The van der Waals surface area contributed by atoms with Crippen LogP contribution in [-0.4, -0.2) is 64.0 Å². The fourth-order valence-corrected chi connectivity index (χ4v) is 6.50. The van der Waals surface area contributed by atoms with Crippen LogP contribution in [-0.2, 0) is 15.5 Å². The lowest BCUT2D eigenvalue weighted by molar-refractivity contribution is -0.958. The molecule has 2 N–H and O–H groups in total. The molecule has 1 aromatic carbocycles. The Labute approximate surface area is 165 Å². The lowest BCUT2D eigenvalue weighted by Gasteiger charge is -2.55. The van der Waals surface area contributed by atoms with E-state index in [2.05, 4.69) is 11.0 Å². The van der Waals surface area contributed by atoms with Crippen LogP contribution < -0.4 is 0 Å². The third-order valence-electron chi connectivity index (χ3n) is 7.48. The molecule has 3 fully saturated rings. The van der Waals surface area contributed by atoms with Crippen LogP contribution in [0.2, 0.25) is 0 Å². The van der Waals surface area contributed by atoms with Crippen molar-refractivity contribution in [3.63, 3.8) is 0 Å². The number of rotatable bonds is 4. The number of quaternary nitrogens is 1. The van der Waals surface area contributed by atoms with Crippen LogP contribution in [0.4, 0.5) is 0 Å². The first-order valence-corrected chi connectivity index (χ1v) is 11.9. The van der Waals surface area contributed by atoms with Crippen molar-refractivity contribution in [1.82, 2.24) is 4.90 Å². The molecule has 3 saturated heterocycles. The van der Waals surface area contributed by atoms with Gasteiger partial charge in [-0.1, -0.05) is 12.1 Å². The molecule has 4 heterocycles. The molecule has 5 aliphatic rings. The summed E-state index contributed by atoms with van der Waals surface area (Å²) in [4.78, 5) is 33.8. The summed E-state index contributed by atoms with van der Waals surface area (Å²) in [6.07, 6.45) is 5.34. The van der Waals surface area contributed by atoms with E-state index in [0.29, 0.717) is 16.3 Å². The van der Waals surface area contributed by atoms with Gasteiger partial charge >= 0.3 is 7.82 Å². The molecule has 0 aromatic heterocycles. The summed E-state index contributed by atoms with van der Waals surface area (Å²) in [5.41, 5.74) is 3.50. The molecule has 8 heteroatoms. The highest BCUT2D eigenvalue weighted by Gasteiger charge is 2.51. The van der Waals surface area contributed by atoms with E-state index in [4.69, 9.17) is 14.3 Å². The minimum absolute atomic E-state index is 0.0275. The summed E-state index contributed by atoms with van der Waals surface area (Å²) in [7, 11) is -4.49. The zero-order chi connectivity index (χ0) is 19.5. The normalized spacial score (nSPS) is 34.4. The summed E-state index contributed by atoms with van der Waals surface area (Å²) in [6, 6.07) is 6.29. The van der Waals surface area contributed by atoms with Gasteiger partial charge in [0.05, 0.1) is 19.1 Å². The molecule has 1 amide bonds. The van der Waals surface area contributed by atoms with Gasteiger partial charge in [-0.05, 0) is 42.4 Å².